The van der Waals surface area contributed by atoms with Crippen LogP contribution in [0.5, 0.6) is 5.75 Å². The van der Waals surface area contributed by atoms with Crippen molar-refractivity contribution in [3.05, 3.63) is 83.2 Å². The van der Waals surface area contributed by atoms with Crippen molar-refractivity contribution in [3.63, 3.8) is 0 Å². The summed E-state index contributed by atoms with van der Waals surface area (Å²) in [7, 11) is 1.54. The number of esters is 1. The zero-order valence-electron chi connectivity index (χ0n) is 21.4. The largest absolute Gasteiger partial charge is 0.495 e. The van der Waals surface area contributed by atoms with Gasteiger partial charge in [0.25, 0.3) is 5.91 Å². The van der Waals surface area contributed by atoms with Crippen LogP contribution in [0.3, 0.4) is 0 Å². The number of carbonyl (C=O) groups is 2. The second kappa shape index (κ2) is 10.0. The highest BCUT2D eigenvalue weighted by Crippen LogP contribution is 2.40. The van der Waals surface area contributed by atoms with Gasteiger partial charge in [-0.3, -0.25) is 4.79 Å². The Kier molecular flexibility index (Phi) is 6.65. The standard InChI is InChI=1S/C29H30N4O4/c1-17(2)33-27-22(16-30-33)21(15-23(31-27)19-11-12-19)29(35)37-26(20-8-6-5-7-9-20)28(34)32-24-14-18(3)10-13-25(24)36-4/h5-10,13-17,19,26H,11-12H2,1-4H3,(H,32,34). The van der Waals surface area contributed by atoms with Crippen molar-refractivity contribution in [1.82, 2.24) is 14.8 Å². The summed E-state index contributed by atoms with van der Waals surface area (Å²) in [6.07, 6.45) is 2.55. The van der Waals surface area contributed by atoms with Crippen LogP contribution in [0.15, 0.2) is 60.8 Å². The third kappa shape index (κ3) is 5.05. The van der Waals surface area contributed by atoms with E-state index in [0.29, 0.717) is 39.5 Å². The number of anilines is 1. The molecule has 2 aromatic heterocycles. The van der Waals surface area contributed by atoms with Crippen molar-refractivity contribution in [2.24, 2.45) is 0 Å². The molecule has 1 aliphatic carbocycles. The number of benzene rings is 2. The number of hydrogen-bond donors (Lipinski definition) is 1. The summed E-state index contributed by atoms with van der Waals surface area (Å²) in [6, 6.07) is 16.3. The van der Waals surface area contributed by atoms with Crippen LogP contribution < -0.4 is 10.1 Å². The van der Waals surface area contributed by atoms with E-state index in [1.165, 1.54) is 0 Å². The Balaban J connectivity index is 1.51. The van der Waals surface area contributed by atoms with Crippen molar-refractivity contribution in [3.8, 4) is 5.75 Å². The number of hydrogen-bond acceptors (Lipinski definition) is 6. The molecular formula is C29H30N4O4. The summed E-state index contributed by atoms with van der Waals surface area (Å²) >= 11 is 0. The molecular weight excluding hydrogens is 468 g/mol. The van der Waals surface area contributed by atoms with E-state index < -0.39 is 18.0 Å². The van der Waals surface area contributed by atoms with Gasteiger partial charge in [0.1, 0.15) is 5.75 Å². The van der Waals surface area contributed by atoms with Gasteiger partial charge in [0.2, 0.25) is 6.10 Å². The Hall–Kier alpha value is -4.20. The van der Waals surface area contributed by atoms with Gasteiger partial charge in [-0.05, 0) is 57.4 Å². The smallest absolute Gasteiger partial charge is 0.340 e. The van der Waals surface area contributed by atoms with Crippen LogP contribution in [0.25, 0.3) is 11.0 Å². The normalized spacial score (nSPS) is 14.0. The Labute approximate surface area is 215 Å². The minimum Gasteiger partial charge on any atom is -0.495 e. The average Bonchev–Trinajstić information content (AvgIpc) is 3.65. The number of aromatic nitrogens is 3. The number of nitrogens with one attached hydrogen (secondary N) is 1. The first-order valence-electron chi connectivity index (χ1n) is 12.4. The lowest BCUT2D eigenvalue weighted by molar-refractivity contribution is -0.125. The summed E-state index contributed by atoms with van der Waals surface area (Å²) in [4.78, 5) is 32.0. The summed E-state index contributed by atoms with van der Waals surface area (Å²) < 4.78 is 13.2. The van der Waals surface area contributed by atoms with E-state index in [9.17, 15) is 9.59 Å². The van der Waals surface area contributed by atoms with Gasteiger partial charge in [-0.25, -0.2) is 14.5 Å². The first-order chi connectivity index (χ1) is 17.9. The molecule has 1 atom stereocenters. The molecule has 0 saturated heterocycles. The van der Waals surface area contributed by atoms with Gasteiger partial charge in [-0.15, -0.1) is 0 Å². The molecule has 0 spiro atoms. The van der Waals surface area contributed by atoms with Crippen LogP contribution in [0.4, 0.5) is 5.69 Å². The van der Waals surface area contributed by atoms with Crippen molar-refractivity contribution in [1.29, 1.82) is 0 Å². The molecule has 4 aromatic rings. The Bertz CT molecular complexity index is 1460. The highest BCUT2D eigenvalue weighted by molar-refractivity contribution is 6.04. The van der Waals surface area contributed by atoms with Gasteiger partial charge in [0.15, 0.2) is 5.65 Å². The molecule has 0 radical (unpaired) electrons. The lowest BCUT2D eigenvalue weighted by Gasteiger charge is -2.20. The van der Waals surface area contributed by atoms with E-state index in [-0.39, 0.29) is 6.04 Å². The summed E-state index contributed by atoms with van der Waals surface area (Å²) in [5, 5.41) is 7.96. The van der Waals surface area contributed by atoms with Gasteiger partial charge in [-0.2, -0.15) is 5.10 Å². The molecule has 1 aliphatic rings. The molecule has 0 bridgehead atoms. The first kappa shape index (κ1) is 24.5. The second-order valence-electron chi connectivity index (χ2n) is 9.68. The van der Waals surface area contributed by atoms with Gasteiger partial charge in [-0.1, -0.05) is 36.4 Å². The number of aryl methyl sites for hydroxylation is 1. The molecule has 1 fully saturated rings. The molecule has 2 aromatic carbocycles. The predicted octanol–water partition coefficient (Wildman–Crippen LogP) is 5.74. The lowest BCUT2D eigenvalue weighted by Crippen LogP contribution is -2.26. The second-order valence-corrected chi connectivity index (χ2v) is 9.68. The van der Waals surface area contributed by atoms with Crippen LogP contribution in [0.2, 0.25) is 0 Å². The highest BCUT2D eigenvalue weighted by Gasteiger charge is 2.31. The zero-order valence-corrected chi connectivity index (χ0v) is 21.4. The third-order valence-electron chi connectivity index (χ3n) is 6.47. The molecule has 1 saturated carbocycles. The van der Waals surface area contributed by atoms with Gasteiger partial charge >= 0.3 is 5.97 Å². The molecule has 1 amide bonds. The summed E-state index contributed by atoms with van der Waals surface area (Å²) in [6.45, 7) is 5.96. The number of ether oxygens (including phenoxy) is 2. The quantitative estimate of drug-likeness (QED) is 0.311. The van der Waals surface area contributed by atoms with Crippen molar-refractivity contribution >= 4 is 28.6 Å². The number of pyridine rings is 1. The zero-order chi connectivity index (χ0) is 26.1. The molecule has 190 valence electrons. The van der Waals surface area contributed by atoms with E-state index in [4.69, 9.17) is 14.5 Å². The van der Waals surface area contributed by atoms with E-state index >= 15 is 0 Å². The topological polar surface area (TPSA) is 95.3 Å². The molecule has 2 heterocycles. The van der Waals surface area contributed by atoms with Crippen LogP contribution in [0.1, 0.15) is 71.9 Å². The molecule has 0 aliphatic heterocycles. The highest BCUT2D eigenvalue weighted by atomic mass is 16.5. The molecule has 1 N–H and O–H groups in total. The summed E-state index contributed by atoms with van der Waals surface area (Å²) in [5.41, 5.74) is 3.89. The number of rotatable bonds is 8. The number of nitrogens with zero attached hydrogens (tertiary/aromatic N) is 3. The Morgan fingerprint density at radius 2 is 1.84 bits per heavy atom. The predicted molar refractivity (Wildman–Crippen MR) is 141 cm³/mol. The minimum absolute atomic E-state index is 0.0791. The maximum Gasteiger partial charge on any atom is 0.340 e. The van der Waals surface area contributed by atoms with Crippen molar-refractivity contribution in [2.45, 2.75) is 51.7 Å². The van der Waals surface area contributed by atoms with E-state index in [2.05, 4.69) is 10.4 Å². The van der Waals surface area contributed by atoms with Crippen LogP contribution in [-0.2, 0) is 9.53 Å². The fraction of sp³-hybridized carbons (Fsp3) is 0.310. The monoisotopic (exact) mass is 498 g/mol. The number of amides is 1. The van der Waals surface area contributed by atoms with Crippen molar-refractivity contribution in [2.75, 3.05) is 12.4 Å². The van der Waals surface area contributed by atoms with E-state index in [1.54, 1.807) is 49.7 Å². The molecule has 5 rings (SSSR count). The fourth-order valence-electron chi connectivity index (χ4n) is 4.36. The lowest BCUT2D eigenvalue weighted by atomic mass is 10.1. The maximum atomic E-state index is 13.7. The fourth-order valence-corrected chi connectivity index (χ4v) is 4.36. The Morgan fingerprint density at radius 1 is 1.08 bits per heavy atom. The third-order valence-corrected chi connectivity index (χ3v) is 6.47. The first-order valence-corrected chi connectivity index (χ1v) is 12.4. The van der Waals surface area contributed by atoms with E-state index in [0.717, 1.165) is 24.1 Å². The Morgan fingerprint density at radius 3 is 2.51 bits per heavy atom. The number of fused-ring (bicyclic) bond motifs is 1. The molecule has 1 unspecified atom stereocenters. The average molecular weight is 499 g/mol. The van der Waals surface area contributed by atoms with E-state index in [1.807, 2.05) is 43.7 Å². The molecule has 37 heavy (non-hydrogen) atoms. The van der Waals surface area contributed by atoms with Gasteiger partial charge in [0.05, 0.1) is 29.9 Å². The molecule has 8 heteroatoms. The van der Waals surface area contributed by atoms with Crippen LogP contribution in [0, 0.1) is 6.92 Å². The van der Waals surface area contributed by atoms with Crippen LogP contribution in [-0.4, -0.2) is 33.8 Å². The minimum atomic E-state index is -1.17. The maximum absolute atomic E-state index is 13.7. The molecule has 8 nitrogen and oxygen atoms in total. The summed E-state index contributed by atoms with van der Waals surface area (Å²) in [5.74, 6) is -0.233. The SMILES string of the molecule is COc1ccc(C)cc1NC(=O)C(OC(=O)c1cc(C2CC2)nc2c1cnn2C(C)C)c1ccccc1. The van der Waals surface area contributed by atoms with Gasteiger partial charge in [0, 0.05) is 23.2 Å². The van der Waals surface area contributed by atoms with Crippen LogP contribution >= 0.6 is 0 Å². The van der Waals surface area contributed by atoms with Crippen molar-refractivity contribution < 1.29 is 19.1 Å². The number of carbonyl (C=O) groups excluding carboxylic acids is 2. The van der Waals surface area contributed by atoms with Gasteiger partial charge < -0.3 is 14.8 Å². The number of methoxy groups -OCH3 is 1.